The van der Waals surface area contributed by atoms with Crippen molar-refractivity contribution in [2.24, 2.45) is 0 Å². The van der Waals surface area contributed by atoms with Gasteiger partial charge in [0.2, 0.25) is 6.29 Å². The number of rotatable bonds is 4. The first-order valence-electron chi connectivity index (χ1n) is 5.70. The Hall–Kier alpha value is -1.01. The van der Waals surface area contributed by atoms with Gasteiger partial charge in [-0.05, 0) is 20.8 Å². The average molecular weight is 274 g/mol. The van der Waals surface area contributed by atoms with Gasteiger partial charge in [0.25, 0.3) is 0 Å². The van der Waals surface area contributed by atoms with Crippen LogP contribution < -0.4 is 0 Å². The Morgan fingerprint density at radius 2 is 2.11 bits per heavy atom. The zero-order valence-corrected chi connectivity index (χ0v) is 11.6. The van der Waals surface area contributed by atoms with Gasteiger partial charge in [0.1, 0.15) is 0 Å². The molecule has 0 N–H and O–H groups in total. The van der Waals surface area contributed by atoms with Crippen molar-refractivity contribution in [1.82, 2.24) is 0 Å². The van der Waals surface area contributed by atoms with Crippen LogP contribution in [0.2, 0.25) is 0 Å². The summed E-state index contributed by atoms with van der Waals surface area (Å²) in [6.45, 7) is 8.33. The maximum absolute atomic E-state index is 11.7. The normalized spacial score (nSPS) is 25.1. The zero-order valence-electron chi connectivity index (χ0n) is 10.8. The van der Waals surface area contributed by atoms with Gasteiger partial charge in [0, 0.05) is 11.3 Å². The average Bonchev–Trinajstić information content (AvgIpc) is 2.28. The van der Waals surface area contributed by atoms with Gasteiger partial charge < -0.3 is 14.2 Å². The lowest BCUT2D eigenvalue weighted by atomic mass is 10.3. The molecule has 3 atom stereocenters. The molecule has 0 bridgehead atoms. The Bertz CT molecular complexity index is 341. The summed E-state index contributed by atoms with van der Waals surface area (Å²) in [6, 6.07) is 0. The topological polar surface area (TPSA) is 61.8 Å². The van der Waals surface area contributed by atoms with Gasteiger partial charge in [-0.25, -0.2) is 9.59 Å². The molecule has 0 aromatic heterocycles. The fourth-order valence-electron chi connectivity index (χ4n) is 1.26. The molecule has 1 saturated heterocycles. The van der Waals surface area contributed by atoms with Crippen LogP contribution in [0, 0.1) is 0 Å². The molecule has 0 aliphatic carbocycles. The highest BCUT2D eigenvalue weighted by Gasteiger charge is 2.27. The largest absolute Gasteiger partial charge is 0.447 e. The molecule has 1 rings (SSSR count). The van der Waals surface area contributed by atoms with Crippen molar-refractivity contribution in [3.63, 3.8) is 0 Å². The van der Waals surface area contributed by atoms with Crippen LogP contribution in [0.15, 0.2) is 12.2 Å². The molecular weight excluding hydrogens is 256 g/mol. The van der Waals surface area contributed by atoms with E-state index < -0.39 is 24.3 Å². The molecule has 0 radical (unpaired) electrons. The Labute approximate surface area is 111 Å². The summed E-state index contributed by atoms with van der Waals surface area (Å²) in [4.78, 5) is 22.9. The van der Waals surface area contributed by atoms with Crippen LogP contribution in [0.5, 0.6) is 0 Å². The van der Waals surface area contributed by atoms with E-state index in [1.54, 1.807) is 11.8 Å². The lowest BCUT2D eigenvalue weighted by Gasteiger charge is -2.27. The molecule has 1 aliphatic heterocycles. The van der Waals surface area contributed by atoms with Crippen molar-refractivity contribution in [2.75, 3.05) is 11.5 Å². The van der Waals surface area contributed by atoms with Crippen LogP contribution in [0.25, 0.3) is 0 Å². The van der Waals surface area contributed by atoms with Crippen LogP contribution >= 0.6 is 11.8 Å². The van der Waals surface area contributed by atoms with E-state index in [1.807, 2.05) is 6.92 Å². The predicted octanol–water partition coefficient (Wildman–Crippen LogP) is 1.52. The van der Waals surface area contributed by atoms with Crippen molar-refractivity contribution in [3.05, 3.63) is 12.2 Å². The molecule has 0 saturated carbocycles. The summed E-state index contributed by atoms with van der Waals surface area (Å²) < 4.78 is 15.4. The minimum atomic E-state index is -0.958. The van der Waals surface area contributed by atoms with E-state index in [0.29, 0.717) is 5.75 Å². The number of thioether (sulfide) groups is 1. The van der Waals surface area contributed by atoms with Crippen molar-refractivity contribution in [1.29, 1.82) is 0 Å². The van der Waals surface area contributed by atoms with Gasteiger partial charge in [-0.2, -0.15) is 11.8 Å². The molecule has 3 unspecified atom stereocenters. The molecule has 1 heterocycles. The first-order valence-corrected chi connectivity index (χ1v) is 6.85. The van der Waals surface area contributed by atoms with Crippen molar-refractivity contribution in [2.45, 2.75) is 39.3 Å². The smallest absolute Gasteiger partial charge is 0.349 e. The molecule has 0 amide bonds. The van der Waals surface area contributed by atoms with Crippen molar-refractivity contribution in [3.8, 4) is 0 Å². The molecule has 18 heavy (non-hydrogen) atoms. The number of esters is 2. The van der Waals surface area contributed by atoms with E-state index in [2.05, 4.69) is 6.58 Å². The molecule has 0 aromatic carbocycles. The summed E-state index contributed by atoms with van der Waals surface area (Å²) in [6.07, 6.45) is -1.48. The number of hydrogen-bond donors (Lipinski definition) is 0. The molecule has 0 aromatic rings. The van der Waals surface area contributed by atoms with E-state index >= 15 is 0 Å². The third-order valence-electron chi connectivity index (χ3n) is 2.20. The first-order chi connectivity index (χ1) is 8.40. The Balaban J connectivity index is 2.39. The third kappa shape index (κ3) is 4.70. The first kappa shape index (κ1) is 15.0. The molecule has 6 heteroatoms. The Morgan fingerprint density at radius 3 is 2.67 bits per heavy atom. The van der Waals surface area contributed by atoms with Gasteiger partial charge in [0.15, 0.2) is 6.10 Å². The minimum absolute atomic E-state index is 0.0508. The molecule has 1 fully saturated rings. The highest BCUT2D eigenvalue weighted by molar-refractivity contribution is 7.99. The predicted molar refractivity (Wildman–Crippen MR) is 68.1 cm³/mol. The van der Waals surface area contributed by atoms with Gasteiger partial charge in [-0.3, -0.25) is 0 Å². The van der Waals surface area contributed by atoms with Crippen molar-refractivity contribution >= 4 is 23.7 Å². The van der Waals surface area contributed by atoms with E-state index in [-0.39, 0.29) is 11.7 Å². The summed E-state index contributed by atoms with van der Waals surface area (Å²) in [5.74, 6) is 0.266. The van der Waals surface area contributed by atoms with E-state index in [0.717, 1.165) is 5.75 Å². The molecular formula is C12H18O5S. The second kappa shape index (κ2) is 6.80. The second-order valence-corrected chi connectivity index (χ2v) is 5.25. The van der Waals surface area contributed by atoms with Gasteiger partial charge >= 0.3 is 11.9 Å². The second-order valence-electron chi connectivity index (χ2n) is 4.18. The zero-order chi connectivity index (χ0) is 13.7. The fourth-order valence-corrected chi connectivity index (χ4v) is 2.15. The van der Waals surface area contributed by atoms with Gasteiger partial charge in [-0.15, -0.1) is 0 Å². The monoisotopic (exact) mass is 274 g/mol. The number of carbonyl (C=O) groups excluding carboxylic acids is 2. The number of hydrogen-bond acceptors (Lipinski definition) is 6. The van der Waals surface area contributed by atoms with E-state index in [4.69, 9.17) is 14.2 Å². The van der Waals surface area contributed by atoms with Gasteiger partial charge in [0.05, 0.1) is 11.9 Å². The summed E-state index contributed by atoms with van der Waals surface area (Å²) in [5.41, 5.74) is 0.243. The van der Waals surface area contributed by atoms with E-state index in [9.17, 15) is 9.59 Å². The summed E-state index contributed by atoms with van der Waals surface area (Å²) in [7, 11) is 0. The minimum Gasteiger partial charge on any atom is -0.447 e. The van der Waals surface area contributed by atoms with Gasteiger partial charge in [-0.1, -0.05) is 6.58 Å². The van der Waals surface area contributed by atoms with E-state index in [1.165, 1.54) is 13.8 Å². The third-order valence-corrected chi connectivity index (χ3v) is 3.42. The van der Waals surface area contributed by atoms with Crippen LogP contribution in [0.3, 0.4) is 0 Å². The van der Waals surface area contributed by atoms with Crippen LogP contribution in [0.4, 0.5) is 0 Å². The standard InChI is InChI=1S/C12H18O5S/c1-7(2)11(13)16-9(4)12(14)17-10-6-18-5-8(3)15-10/h8-10H,1,5-6H2,2-4H3. The lowest BCUT2D eigenvalue weighted by molar-refractivity contribution is -0.193. The fraction of sp³-hybridized carbons (Fsp3) is 0.667. The molecule has 1 aliphatic rings. The maximum Gasteiger partial charge on any atom is 0.349 e. The number of carbonyl (C=O) groups is 2. The molecule has 0 spiro atoms. The van der Waals surface area contributed by atoms with Crippen LogP contribution in [-0.2, 0) is 23.8 Å². The maximum atomic E-state index is 11.7. The lowest BCUT2D eigenvalue weighted by Crippen LogP contribution is -2.37. The van der Waals surface area contributed by atoms with Crippen molar-refractivity contribution < 1.29 is 23.8 Å². The highest BCUT2D eigenvalue weighted by Crippen LogP contribution is 2.19. The summed E-state index contributed by atoms with van der Waals surface area (Å²) in [5, 5.41) is 0. The van der Waals surface area contributed by atoms with Crippen LogP contribution in [0.1, 0.15) is 20.8 Å². The number of ether oxygens (including phenoxy) is 3. The Kier molecular flexibility index (Phi) is 5.68. The van der Waals surface area contributed by atoms with Crippen LogP contribution in [-0.4, -0.2) is 41.9 Å². The molecule has 102 valence electrons. The SMILES string of the molecule is C=C(C)C(=O)OC(C)C(=O)OC1CSCC(C)O1. The Morgan fingerprint density at radius 1 is 1.44 bits per heavy atom. The quantitative estimate of drug-likeness (QED) is 0.572. The summed E-state index contributed by atoms with van der Waals surface area (Å²) >= 11 is 1.66. The highest BCUT2D eigenvalue weighted by atomic mass is 32.2. The molecule has 5 nitrogen and oxygen atoms in total.